The number of fused-ring (bicyclic) bond motifs is 1. The van der Waals surface area contributed by atoms with E-state index >= 15 is 0 Å². The van der Waals surface area contributed by atoms with E-state index in [1.165, 1.54) is 0 Å². The fourth-order valence-corrected chi connectivity index (χ4v) is 6.17. The van der Waals surface area contributed by atoms with Crippen LogP contribution >= 0.6 is 0 Å². The van der Waals surface area contributed by atoms with Crippen LogP contribution < -0.4 is 10.6 Å². The van der Waals surface area contributed by atoms with Gasteiger partial charge in [-0.2, -0.15) is 0 Å². The molecular weight excluding hydrogens is 326 g/mol. The summed E-state index contributed by atoms with van der Waals surface area (Å²) in [6.07, 6.45) is 3.93. The van der Waals surface area contributed by atoms with Crippen molar-refractivity contribution in [1.82, 2.24) is 10.6 Å². The van der Waals surface area contributed by atoms with Crippen LogP contribution in [-0.4, -0.2) is 57.7 Å². The Labute approximate surface area is 145 Å². The first kappa shape index (κ1) is 17.7. The van der Waals surface area contributed by atoms with Gasteiger partial charge in [0.25, 0.3) is 0 Å². The second-order valence-corrected chi connectivity index (χ2v) is 10.0. The molecule has 0 radical (unpaired) electrons. The fourth-order valence-electron chi connectivity index (χ4n) is 4.32. The molecule has 2 aliphatic heterocycles. The van der Waals surface area contributed by atoms with E-state index in [9.17, 15) is 8.42 Å². The molecule has 2 saturated heterocycles. The summed E-state index contributed by atoms with van der Waals surface area (Å²) in [5, 5.41) is 6.82. The highest BCUT2D eigenvalue weighted by Gasteiger charge is 2.59. The molecule has 0 aromatic carbocycles. The molecule has 0 bridgehead atoms. The molecule has 0 amide bonds. The number of ether oxygens (including phenoxy) is 1. The van der Waals surface area contributed by atoms with Crippen LogP contribution in [0.2, 0.25) is 0 Å². The maximum absolute atomic E-state index is 11.6. The van der Waals surface area contributed by atoms with Gasteiger partial charge in [0.05, 0.1) is 17.6 Å². The Balaban J connectivity index is 1.63. The molecule has 4 atom stereocenters. The lowest BCUT2D eigenvalue weighted by atomic mass is 9.57. The smallest absolute Gasteiger partial charge is 0.191 e. The number of aliphatic imine (C=N–C) groups is 1. The van der Waals surface area contributed by atoms with E-state index < -0.39 is 9.84 Å². The van der Waals surface area contributed by atoms with Crippen LogP contribution in [-0.2, 0) is 14.6 Å². The normalized spacial score (nSPS) is 36.7. The van der Waals surface area contributed by atoms with E-state index in [4.69, 9.17) is 4.74 Å². The molecule has 3 rings (SSSR count). The molecule has 6 nitrogen and oxygen atoms in total. The third-order valence-electron chi connectivity index (χ3n) is 5.64. The number of sulfone groups is 1. The summed E-state index contributed by atoms with van der Waals surface area (Å²) >= 11 is 0. The minimum atomic E-state index is -2.85. The standard InChI is InChI=1S/C17H29N3O3S/c1-4-7-18-16(19-10-12-6-9-24(21,22)11-12)20-14-13-5-8-23-15(13)17(14,2)3/h4,12-15H,1,5-11H2,2-3H3,(H2,18,19,20). The Kier molecular flexibility index (Phi) is 4.93. The van der Waals surface area contributed by atoms with Crippen LogP contribution in [0.4, 0.5) is 0 Å². The largest absolute Gasteiger partial charge is 0.377 e. The van der Waals surface area contributed by atoms with Crippen molar-refractivity contribution in [1.29, 1.82) is 0 Å². The fraction of sp³-hybridized carbons (Fsp3) is 0.824. The lowest BCUT2D eigenvalue weighted by Crippen LogP contribution is -2.68. The summed E-state index contributed by atoms with van der Waals surface area (Å²) in [5.41, 5.74) is 0.0779. The minimum absolute atomic E-state index is 0.0779. The van der Waals surface area contributed by atoms with E-state index in [2.05, 4.69) is 36.1 Å². The van der Waals surface area contributed by atoms with Crippen LogP contribution in [0.5, 0.6) is 0 Å². The number of hydrogen-bond donors (Lipinski definition) is 2. The Morgan fingerprint density at radius 2 is 2.21 bits per heavy atom. The molecule has 3 fully saturated rings. The Hall–Kier alpha value is -1.08. The maximum atomic E-state index is 11.6. The van der Waals surface area contributed by atoms with Gasteiger partial charge in [-0.3, -0.25) is 4.99 Å². The van der Waals surface area contributed by atoms with Crippen LogP contribution in [0.1, 0.15) is 26.7 Å². The van der Waals surface area contributed by atoms with Gasteiger partial charge in [-0.1, -0.05) is 19.9 Å². The van der Waals surface area contributed by atoms with E-state index in [0.29, 0.717) is 43.3 Å². The summed E-state index contributed by atoms with van der Waals surface area (Å²) in [4.78, 5) is 4.65. The van der Waals surface area contributed by atoms with Gasteiger partial charge in [-0.05, 0) is 18.8 Å². The van der Waals surface area contributed by atoms with E-state index in [-0.39, 0.29) is 17.1 Å². The quantitative estimate of drug-likeness (QED) is 0.436. The molecule has 24 heavy (non-hydrogen) atoms. The first-order valence-electron chi connectivity index (χ1n) is 8.81. The summed E-state index contributed by atoms with van der Waals surface area (Å²) in [6.45, 7) is 10.2. The molecule has 1 saturated carbocycles. The van der Waals surface area contributed by atoms with Crippen molar-refractivity contribution in [3.63, 3.8) is 0 Å². The molecule has 7 heteroatoms. The van der Waals surface area contributed by atoms with Gasteiger partial charge in [0.1, 0.15) is 0 Å². The topological polar surface area (TPSA) is 79.8 Å². The monoisotopic (exact) mass is 355 g/mol. The molecule has 1 aliphatic carbocycles. The highest BCUT2D eigenvalue weighted by molar-refractivity contribution is 7.91. The van der Waals surface area contributed by atoms with Gasteiger partial charge < -0.3 is 15.4 Å². The van der Waals surface area contributed by atoms with Crippen molar-refractivity contribution in [3.8, 4) is 0 Å². The second-order valence-electron chi connectivity index (χ2n) is 7.82. The highest BCUT2D eigenvalue weighted by atomic mass is 32.2. The predicted octanol–water partition coefficient (Wildman–Crippen LogP) is 0.956. The Morgan fingerprint density at radius 3 is 2.88 bits per heavy atom. The van der Waals surface area contributed by atoms with Crippen molar-refractivity contribution in [3.05, 3.63) is 12.7 Å². The van der Waals surface area contributed by atoms with Crippen LogP contribution in [0.3, 0.4) is 0 Å². The molecule has 4 unspecified atom stereocenters. The van der Waals surface area contributed by atoms with Gasteiger partial charge in [0.15, 0.2) is 15.8 Å². The molecule has 2 heterocycles. The van der Waals surface area contributed by atoms with Crippen LogP contribution in [0.15, 0.2) is 17.6 Å². The summed E-state index contributed by atoms with van der Waals surface area (Å²) in [5.74, 6) is 1.98. The van der Waals surface area contributed by atoms with Gasteiger partial charge in [0, 0.05) is 37.1 Å². The van der Waals surface area contributed by atoms with E-state index in [1.807, 2.05) is 0 Å². The van der Waals surface area contributed by atoms with Gasteiger partial charge >= 0.3 is 0 Å². The molecular formula is C17H29N3O3S. The Morgan fingerprint density at radius 1 is 1.42 bits per heavy atom. The summed E-state index contributed by atoms with van der Waals surface area (Å²) in [6, 6.07) is 0.327. The third-order valence-corrected chi connectivity index (χ3v) is 7.48. The molecule has 0 aromatic heterocycles. The number of nitrogens with one attached hydrogen (secondary N) is 2. The molecule has 3 aliphatic rings. The van der Waals surface area contributed by atoms with Crippen molar-refractivity contribution < 1.29 is 13.2 Å². The lowest BCUT2D eigenvalue weighted by Gasteiger charge is -2.54. The van der Waals surface area contributed by atoms with Crippen molar-refractivity contribution in [2.75, 3.05) is 31.2 Å². The highest BCUT2D eigenvalue weighted by Crippen LogP contribution is 2.52. The summed E-state index contributed by atoms with van der Waals surface area (Å²) < 4.78 is 29.0. The zero-order valence-corrected chi connectivity index (χ0v) is 15.4. The van der Waals surface area contributed by atoms with E-state index in [1.54, 1.807) is 6.08 Å². The summed E-state index contributed by atoms with van der Waals surface area (Å²) in [7, 11) is -2.85. The average molecular weight is 356 g/mol. The van der Waals surface area contributed by atoms with Crippen molar-refractivity contribution in [2.45, 2.75) is 38.8 Å². The number of guanidine groups is 1. The zero-order chi connectivity index (χ0) is 17.4. The van der Waals surface area contributed by atoms with Crippen molar-refractivity contribution in [2.24, 2.45) is 22.2 Å². The number of nitrogens with zero attached hydrogens (tertiary/aromatic N) is 1. The maximum Gasteiger partial charge on any atom is 0.191 e. The SMILES string of the molecule is C=CCNC(=NCC1CCS(=O)(=O)C1)NC1C2CCOC2C1(C)C. The molecule has 0 aromatic rings. The number of rotatable bonds is 5. The molecule has 0 spiro atoms. The number of hydrogen-bond acceptors (Lipinski definition) is 4. The van der Waals surface area contributed by atoms with Crippen LogP contribution in [0, 0.1) is 17.3 Å². The first-order valence-corrected chi connectivity index (χ1v) is 10.6. The lowest BCUT2D eigenvalue weighted by molar-refractivity contribution is -0.106. The van der Waals surface area contributed by atoms with Gasteiger partial charge in [-0.15, -0.1) is 6.58 Å². The third kappa shape index (κ3) is 3.47. The van der Waals surface area contributed by atoms with E-state index in [0.717, 1.165) is 19.0 Å². The first-order chi connectivity index (χ1) is 11.3. The van der Waals surface area contributed by atoms with Gasteiger partial charge in [0.2, 0.25) is 0 Å². The minimum Gasteiger partial charge on any atom is -0.377 e. The second kappa shape index (κ2) is 6.67. The van der Waals surface area contributed by atoms with Crippen LogP contribution in [0.25, 0.3) is 0 Å². The average Bonchev–Trinajstić information content (AvgIpc) is 3.11. The zero-order valence-electron chi connectivity index (χ0n) is 14.6. The van der Waals surface area contributed by atoms with Gasteiger partial charge in [-0.25, -0.2) is 8.42 Å². The Bertz CT molecular complexity index is 615. The van der Waals surface area contributed by atoms with Crippen molar-refractivity contribution >= 4 is 15.8 Å². The molecule has 2 N–H and O–H groups in total. The molecule has 136 valence electrons. The predicted molar refractivity (Wildman–Crippen MR) is 95.8 cm³/mol.